The predicted octanol–water partition coefficient (Wildman–Crippen LogP) is 3.49. The summed E-state index contributed by atoms with van der Waals surface area (Å²) in [6.07, 6.45) is 1.98. The van der Waals surface area contributed by atoms with Crippen molar-refractivity contribution in [1.29, 1.82) is 0 Å². The summed E-state index contributed by atoms with van der Waals surface area (Å²) in [5.41, 5.74) is 2.92. The molecule has 0 spiro atoms. The van der Waals surface area contributed by atoms with E-state index in [1.54, 1.807) is 7.11 Å². The van der Waals surface area contributed by atoms with Crippen molar-refractivity contribution in [3.63, 3.8) is 0 Å². The van der Waals surface area contributed by atoms with Crippen molar-refractivity contribution in [1.82, 2.24) is 10.3 Å². The van der Waals surface area contributed by atoms with Crippen LogP contribution in [0, 0.1) is 12.8 Å². The average Bonchev–Trinajstić information content (AvgIpc) is 3.04. The fraction of sp³-hybridized carbons (Fsp3) is 0.412. The largest absolute Gasteiger partial charge is 0.496 e. The van der Waals surface area contributed by atoms with Crippen LogP contribution >= 0.6 is 23.7 Å². The molecule has 1 saturated heterocycles. The Morgan fingerprint density at radius 2 is 2.29 bits per heavy atom. The van der Waals surface area contributed by atoms with Crippen LogP contribution in [-0.2, 0) is 4.79 Å². The van der Waals surface area contributed by atoms with Crippen molar-refractivity contribution in [3.05, 3.63) is 29.1 Å². The van der Waals surface area contributed by atoms with Crippen molar-refractivity contribution < 1.29 is 9.53 Å². The zero-order valence-corrected chi connectivity index (χ0v) is 15.4. The zero-order chi connectivity index (χ0) is 16.2. The lowest BCUT2D eigenvalue weighted by Gasteiger charge is -2.21. The molecule has 1 aromatic heterocycles. The van der Waals surface area contributed by atoms with Crippen LogP contribution in [0.5, 0.6) is 5.75 Å². The summed E-state index contributed by atoms with van der Waals surface area (Å²) in [5.74, 6) is 0.870. The normalized spacial score (nSPS) is 17.0. The number of aromatic nitrogens is 1. The minimum atomic E-state index is 0. The van der Waals surface area contributed by atoms with Gasteiger partial charge in [0.15, 0.2) is 5.13 Å². The second kappa shape index (κ2) is 8.46. The average molecular weight is 368 g/mol. The molecule has 1 aliphatic rings. The summed E-state index contributed by atoms with van der Waals surface area (Å²) < 4.78 is 5.41. The van der Waals surface area contributed by atoms with Gasteiger partial charge in [-0.2, -0.15) is 0 Å². The monoisotopic (exact) mass is 367 g/mol. The van der Waals surface area contributed by atoms with E-state index in [0.717, 1.165) is 48.5 Å². The summed E-state index contributed by atoms with van der Waals surface area (Å²) in [6, 6.07) is 5.99. The lowest BCUT2D eigenvalue weighted by Crippen LogP contribution is -2.37. The number of hydrogen-bond donors (Lipinski definition) is 2. The zero-order valence-electron chi connectivity index (χ0n) is 13.8. The molecule has 0 saturated carbocycles. The molecule has 0 bridgehead atoms. The van der Waals surface area contributed by atoms with Crippen LogP contribution in [0.4, 0.5) is 5.13 Å². The Hall–Kier alpha value is -1.63. The summed E-state index contributed by atoms with van der Waals surface area (Å²) in [5, 5.41) is 8.79. The summed E-state index contributed by atoms with van der Waals surface area (Å²) in [7, 11) is 1.65. The number of piperidine rings is 1. The fourth-order valence-electron chi connectivity index (χ4n) is 2.76. The SMILES string of the molecule is COc1ccc(C)cc1-c1csc(NC(=O)C2CCCNC2)n1.Cl. The highest BCUT2D eigenvalue weighted by Gasteiger charge is 2.22. The second-order valence-corrected chi connectivity index (χ2v) is 6.63. The minimum Gasteiger partial charge on any atom is -0.496 e. The van der Waals surface area contributed by atoms with Crippen molar-refractivity contribution in [3.8, 4) is 17.0 Å². The molecule has 24 heavy (non-hydrogen) atoms. The molecule has 130 valence electrons. The molecule has 1 unspecified atom stereocenters. The van der Waals surface area contributed by atoms with Gasteiger partial charge in [0.1, 0.15) is 5.75 Å². The van der Waals surface area contributed by atoms with E-state index in [0.29, 0.717) is 5.13 Å². The molecule has 3 rings (SSSR count). The Morgan fingerprint density at radius 3 is 3.00 bits per heavy atom. The maximum absolute atomic E-state index is 12.3. The van der Waals surface area contributed by atoms with Crippen molar-refractivity contribution in [2.24, 2.45) is 5.92 Å². The Bertz CT molecular complexity index is 699. The third-order valence-corrected chi connectivity index (χ3v) is 4.79. The number of methoxy groups -OCH3 is 1. The van der Waals surface area contributed by atoms with Gasteiger partial charge in [0.25, 0.3) is 0 Å². The summed E-state index contributed by atoms with van der Waals surface area (Å²) >= 11 is 1.44. The molecule has 1 aromatic carbocycles. The van der Waals surface area contributed by atoms with Gasteiger partial charge < -0.3 is 15.4 Å². The van der Waals surface area contributed by atoms with Gasteiger partial charge in [-0.1, -0.05) is 11.6 Å². The lowest BCUT2D eigenvalue weighted by atomic mass is 9.99. The first-order chi connectivity index (χ1) is 11.2. The number of nitrogens with zero attached hydrogens (tertiary/aromatic N) is 1. The molecule has 1 amide bonds. The number of thiazole rings is 1. The third kappa shape index (κ3) is 4.26. The quantitative estimate of drug-likeness (QED) is 0.868. The number of ether oxygens (including phenoxy) is 1. The number of carbonyl (C=O) groups is 1. The highest BCUT2D eigenvalue weighted by Crippen LogP contribution is 2.33. The van der Waals surface area contributed by atoms with Gasteiger partial charge in [0.2, 0.25) is 5.91 Å². The van der Waals surface area contributed by atoms with E-state index in [1.807, 2.05) is 30.5 Å². The first kappa shape index (κ1) is 18.7. The first-order valence-corrected chi connectivity index (χ1v) is 8.67. The molecule has 2 heterocycles. The van der Waals surface area contributed by atoms with Crippen LogP contribution < -0.4 is 15.4 Å². The van der Waals surface area contributed by atoms with E-state index in [1.165, 1.54) is 11.3 Å². The van der Waals surface area contributed by atoms with E-state index in [2.05, 4.69) is 15.6 Å². The number of nitrogens with one attached hydrogen (secondary N) is 2. The molecular formula is C17H22ClN3O2S. The smallest absolute Gasteiger partial charge is 0.230 e. The molecule has 1 atom stereocenters. The summed E-state index contributed by atoms with van der Waals surface area (Å²) in [4.78, 5) is 16.8. The van der Waals surface area contributed by atoms with Crippen LogP contribution in [-0.4, -0.2) is 31.1 Å². The number of hydrogen-bond acceptors (Lipinski definition) is 5. The number of amides is 1. The Morgan fingerprint density at radius 1 is 1.46 bits per heavy atom. The van der Waals surface area contributed by atoms with Crippen LogP contribution in [0.3, 0.4) is 0 Å². The first-order valence-electron chi connectivity index (χ1n) is 7.79. The molecule has 2 aromatic rings. The maximum atomic E-state index is 12.3. The van der Waals surface area contributed by atoms with Crippen molar-refractivity contribution in [2.75, 3.05) is 25.5 Å². The number of carbonyl (C=O) groups excluding carboxylic acids is 1. The van der Waals surface area contributed by atoms with Crippen LogP contribution in [0.2, 0.25) is 0 Å². The van der Waals surface area contributed by atoms with Crippen LogP contribution in [0.25, 0.3) is 11.3 Å². The molecule has 0 radical (unpaired) electrons. The fourth-order valence-corrected chi connectivity index (χ4v) is 3.47. The standard InChI is InChI=1S/C17H21N3O2S.ClH/c1-11-5-6-15(22-2)13(8-11)14-10-23-17(19-14)20-16(21)12-4-3-7-18-9-12;/h5-6,8,10,12,18H,3-4,7,9H2,1-2H3,(H,19,20,21);1H. The molecule has 2 N–H and O–H groups in total. The number of benzene rings is 1. The van der Waals surface area contributed by atoms with E-state index in [-0.39, 0.29) is 24.2 Å². The van der Waals surface area contributed by atoms with E-state index in [4.69, 9.17) is 4.74 Å². The van der Waals surface area contributed by atoms with E-state index < -0.39 is 0 Å². The highest BCUT2D eigenvalue weighted by atomic mass is 35.5. The van der Waals surface area contributed by atoms with E-state index in [9.17, 15) is 4.79 Å². The molecule has 1 aliphatic heterocycles. The third-order valence-electron chi connectivity index (χ3n) is 4.03. The lowest BCUT2D eigenvalue weighted by molar-refractivity contribution is -0.120. The molecule has 7 heteroatoms. The maximum Gasteiger partial charge on any atom is 0.230 e. The Labute approximate surface area is 152 Å². The van der Waals surface area contributed by atoms with Gasteiger partial charge >= 0.3 is 0 Å². The molecule has 5 nitrogen and oxygen atoms in total. The Balaban J connectivity index is 0.00000208. The van der Waals surface area contributed by atoms with Crippen LogP contribution in [0.15, 0.2) is 23.6 Å². The predicted molar refractivity (Wildman–Crippen MR) is 100 cm³/mol. The van der Waals surface area contributed by atoms with Gasteiger partial charge in [-0.15, -0.1) is 23.7 Å². The molecule has 0 aliphatic carbocycles. The van der Waals surface area contributed by atoms with Crippen LogP contribution in [0.1, 0.15) is 18.4 Å². The Kier molecular flexibility index (Phi) is 6.60. The van der Waals surface area contributed by atoms with Gasteiger partial charge in [-0.05, 0) is 38.4 Å². The van der Waals surface area contributed by atoms with Gasteiger partial charge in [-0.3, -0.25) is 4.79 Å². The van der Waals surface area contributed by atoms with Crippen molar-refractivity contribution >= 4 is 34.8 Å². The van der Waals surface area contributed by atoms with Gasteiger partial charge in [0, 0.05) is 17.5 Å². The highest BCUT2D eigenvalue weighted by molar-refractivity contribution is 7.14. The number of halogens is 1. The number of aryl methyl sites for hydroxylation is 1. The van der Waals surface area contributed by atoms with Gasteiger partial charge in [0.05, 0.1) is 18.7 Å². The minimum absolute atomic E-state index is 0. The van der Waals surface area contributed by atoms with Crippen molar-refractivity contribution in [2.45, 2.75) is 19.8 Å². The van der Waals surface area contributed by atoms with E-state index >= 15 is 0 Å². The summed E-state index contributed by atoms with van der Waals surface area (Å²) in [6.45, 7) is 3.78. The second-order valence-electron chi connectivity index (χ2n) is 5.77. The topological polar surface area (TPSA) is 63.2 Å². The number of anilines is 1. The van der Waals surface area contributed by atoms with Gasteiger partial charge in [-0.25, -0.2) is 4.98 Å². The number of rotatable bonds is 4. The molecule has 1 fully saturated rings. The molecular weight excluding hydrogens is 346 g/mol.